The maximum absolute atomic E-state index is 10.3. The van der Waals surface area contributed by atoms with Gasteiger partial charge in [0.2, 0.25) is 0 Å². The van der Waals surface area contributed by atoms with Crippen molar-refractivity contribution in [3.8, 4) is 5.75 Å². The van der Waals surface area contributed by atoms with Gasteiger partial charge in [-0.1, -0.05) is 17.7 Å². The van der Waals surface area contributed by atoms with Gasteiger partial charge in [0.15, 0.2) is 0 Å². The summed E-state index contributed by atoms with van der Waals surface area (Å²) in [5.74, 6) is 0.641. The molecule has 2 rings (SSSR count). The van der Waals surface area contributed by atoms with Crippen molar-refractivity contribution in [3.63, 3.8) is 0 Å². The molecule has 1 N–H and O–H groups in total. The molecule has 1 aromatic carbocycles. The molecule has 0 aromatic heterocycles. The Morgan fingerprint density at radius 2 is 2.39 bits per heavy atom. The van der Waals surface area contributed by atoms with Gasteiger partial charge in [-0.15, -0.1) is 0 Å². The van der Waals surface area contributed by atoms with E-state index >= 15 is 0 Å². The fourth-order valence-electron chi connectivity index (χ4n) is 2.38. The summed E-state index contributed by atoms with van der Waals surface area (Å²) >= 11 is 6.13. The third-order valence-corrected chi connectivity index (χ3v) is 3.68. The Bertz CT molecular complexity index is 389. The molecule has 2 atom stereocenters. The highest BCUT2D eigenvalue weighted by Crippen LogP contribution is 2.35. The highest BCUT2D eigenvalue weighted by Gasteiger charge is 2.21. The molecule has 0 aliphatic carbocycles. The van der Waals surface area contributed by atoms with Crippen LogP contribution >= 0.6 is 11.6 Å². The van der Waals surface area contributed by atoms with Crippen LogP contribution in [0.4, 0.5) is 0 Å². The van der Waals surface area contributed by atoms with Crippen molar-refractivity contribution in [3.05, 3.63) is 28.8 Å². The number of methoxy groups -OCH3 is 1. The van der Waals surface area contributed by atoms with Crippen molar-refractivity contribution in [1.82, 2.24) is 0 Å². The average molecular weight is 271 g/mol. The first-order valence-corrected chi connectivity index (χ1v) is 6.72. The Hall–Kier alpha value is -0.770. The monoisotopic (exact) mass is 270 g/mol. The zero-order valence-electron chi connectivity index (χ0n) is 10.6. The van der Waals surface area contributed by atoms with E-state index in [0.717, 1.165) is 25.9 Å². The van der Waals surface area contributed by atoms with Crippen LogP contribution in [0.2, 0.25) is 5.02 Å². The quantitative estimate of drug-likeness (QED) is 0.892. The highest BCUT2D eigenvalue weighted by atomic mass is 35.5. The van der Waals surface area contributed by atoms with Crippen LogP contribution in [0.3, 0.4) is 0 Å². The Kier molecular flexibility index (Phi) is 4.87. The molecule has 1 aromatic rings. The minimum atomic E-state index is -0.599. The summed E-state index contributed by atoms with van der Waals surface area (Å²) in [6, 6.07) is 5.41. The Morgan fingerprint density at radius 1 is 1.56 bits per heavy atom. The lowest BCUT2D eigenvalue weighted by Crippen LogP contribution is -2.09. The van der Waals surface area contributed by atoms with E-state index < -0.39 is 6.10 Å². The minimum Gasteiger partial charge on any atom is -0.496 e. The summed E-state index contributed by atoms with van der Waals surface area (Å²) < 4.78 is 10.8. The van der Waals surface area contributed by atoms with Crippen molar-refractivity contribution >= 4 is 11.6 Å². The standard InChI is InChI=1S/C14H19ClO3/c1-17-13-6-2-5-11(15)14(13)12(16)8-7-10-4-3-9-18-10/h2,5-6,10,12,16H,3-4,7-9H2,1H3. The van der Waals surface area contributed by atoms with E-state index in [1.807, 2.05) is 12.1 Å². The number of hydrogen-bond donors (Lipinski definition) is 1. The van der Waals surface area contributed by atoms with Crippen LogP contribution in [-0.2, 0) is 4.74 Å². The normalized spacial score (nSPS) is 20.9. The van der Waals surface area contributed by atoms with Crippen LogP contribution in [0.25, 0.3) is 0 Å². The predicted octanol–water partition coefficient (Wildman–Crippen LogP) is 3.34. The van der Waals surface area contributed by atoms with Crippen LogP contribution < -0.4 is 4.74 Å². The minimum absolute atomic E-state index is 0.285. The molecule has 0 amide bonds. The molecule has 0 saturated carbocycles. The SMILES string of the molecule is COc1cccc(Cl)c1C(O)CCC1CCCO1. The fraction of sp³-hybridized carbons (Fsp3) is 0.571. The Labute approximate surface area is 113 Å². The van der Waals surface area contributed by atoms with Crippen molar-refractivity contribution in [1.29, 1.82) is 0 Å². The number of aliphatic hydroxyl groups excluding tert-OH is 1. The van der Waals surface area contributed by atoms with Crippen molar-refractivity contribution in [2.75, 3.05) is 13.7 Å². The molecule has 0 radical (unpaired) electrons. The first kappa shape index (κ1) is 13.7. The second kappa shape index (κ2) is 6.41. The molecular weight excluding hydrogens is 252 g/mol. The first-order chi connectivity index (χ1) is 8.72. The zero-order chi connectivity index (χ0) is 13.0. The summed E-state index contributed by atoms with van der Waals surface area (Å²) in [5.41, 5.74) is 0.680. The van der Waals surface area contributed by atoms with Gasteiger partial charge in [0.1, 0.15) is 5.75 Å². The van der Waals surface area contributed by atoms with E-state index in [-0.39, 0.29) is 6.10 Å². The molecule has 1 aliphatic heterocycles. The van der Waals surface area contributed by atoms with Gasteiger partial charge in [0.25, 0.3) is 0 Å². The van der Waals surface area contributed by atoms with E-state index in [9.17, 15) is 5.11 Å². The molecule has 0 bridgehead atoms. The number of halogens is 1. The second-order valence-electron chi connectivity index (χ2n) is 4.58. The maximum atomic E-state index is 10.3. The van der Waals surface area contributed by atoms with Crippen molar-refractivity contribution in [2.45, 2.75) is 37.9 Å². The lowest BCUT2D eigenvalue weighted by atomic mass is 10.0. The Balaban J connectivity index is 2.01. The van der Waals surface area contributed by atoms with Gasteiger partial charge in [-0.3, -0.25) is 0 Å². The van der Waals surface area contributed by atoms with Gasteiger partial charge < -0.3 is 14.6 Å². The molecule has 18 heavy (non-hydrogen) atoms. The third kappa shape index (κ3) is 3.16. The lowest BCUT2D eigenvalue weighted by molar-refractivity contribution is 0.0806. The van der Waals surface area contributed by atoms with E-state index in [2.05, 4.69) is 0 Å². The number of benzene rings is 1. The lowest BCUT2D eigenvalue weighted by Gasteiger charge is -2.17. The van der Waals surface area contributed by atoms with Gasteiger partial charge in [0, 0.05) is 12.2 Å². The van der Waals surface area contributed by atoms with Crippen LogP contribution in [0, 0.1) is 0 Å². The van der Waals surface area contributed by atoms with Crippen LogP contribution in [0.5, 0.6) is 5.75 Å². The number of rotatable bonds is 5. The fourth-order valence-corrected chi connectivity index (χ4v) is 2.67. The molecule has 4 heteroatoms. The number of aliphatic hydroxyl groups is 1. The first-order valence-electron chi connectivity index (χ1n) is 6.34. The van der Waals surface area contributed by atoms with Gasteiger partial charge in [-0.2, -0.15) is 0 Å². The molecule has 3 nitrogen and oxygen atoms in total. The zero-order valence-corrected chi connectivity index (χ0v) is 11.3. The van der Waals surface area contributed by atoms with Crippen molar-refractivity contribution in [2.24, 2.45) is 0 Å². The topological polar surface area (TPSA) is 38.7 Å². The van der Waals surface area contributed by atoms with Crippen LogP contribution in [0.15, 0.2) is 18.2 Å². The molecule has 1 heterocycles. The highest BCUT2D eigenvalue weighted by molar-refractivity contribution is 6.31. The maximum Gasteiger partial charge on any atom is 0.126 e. The van der Waals surface area contributed by atoms with E-state index in [1.54, 1.807) is 13.2 Å². The smallest absolute Gasteiger partial charge is 0.126 e. The van der Waals surface area contributed by atoms with Crippen LogP contribution in [0.1, 0.15) is 37.4 Å². The molecule has 1 saturated heterocycles. The summed E-state index contributed by atoms with van der Waals surface area (Å²) in [7, 11) is 1.59. The molecule has 100 valence electrons. The van der Waals surface area contributed by atoms with E-state index in [0.29, 0.717) is 22.8 Å². The van der Waals surface area contributed by atoms with Gasteiger partial charge >= 0.3 is 0 Å². The molecule has 0 spiro atoms. The van der Waals surface area contributed by atoms with E-state index in [4.69, 9.17) is 21.1 Å². The predicted molar refractivity (Wildman–Crippen MR) is 71.2 cm³/mol. The Morgan fingerprint density at radius 3 is 3.06 bits per heavy atom. The molecule has 1 fully saturated rings. The number of hydrogen-bond acceptors (Lipinski definition) is 3. The molecule has 2 unspecified atom stereocenters. The summed E-state index contributed by atoms with van der Waals surface area (Å²) in [5, 5.41) is 10.8. The average Bonchev–Trinajstić information content (AvgIpc) is 2.88. The summed E-state index contributed by atoms with van der Waals surface area (Å²) in [6.45, 7) is 0.843. The van der Waals surface area contributed by atoms with Crippen LogP contribution in [-0.4, -0.2) is 24.9 Å². The van der Waals surface area contributed by atoms with E-state index in [1.165, 1.54) is 0 Å². The molecule has 1 aliphatic rings. The number of ether oxygens (including phenoxy) is 2. The van der Waals surface area contributed by atoms with Gasteiger partial charge in [0.05, 0.1) is 24.3 Å². The third-order valence-electron chi connectivity index (χ3n) is 3.35. The molecular formula is C14H19ClO3. The van der Waals surface area contributed by atoms with Gasteiger partial charge in [-0.25, -0.2) is 0 Å². The van der Waals surface area contributed by atoms with Crippen molar-refractivity contribution < 1.29 is 14.6 Å². The largest absolute Gasteiger partial charge is 0.496 e. The summed E-state index contributed by atoms with van der Waals surface area (Å²) in [6.07, 6.45) is 3.40. The van der Waals surface area contributed by atoms with Gasteiger partial charge in [-0.05, 0) is 37.8 Å². The summed E-state index contributed by atoms with van der Waals surface area (Å²) in [4.78, 5) is 0. The second-order valence-corrected chi connectivity index (χ2v) is 4.99.